The SMILES string of the molecule is CCC(C)(C)NC(=O)c1ccc(SC)c([N+](=O)[O-])c1. The number of carbonyl (C=O) groups is 1. The summed E-state index contributed by atoms with van der Waals surface area (Å²) in [5.74, 6) is -0.289. The molecule has 0 radical (unpaired) electrons. The molecule has 0 aliphatic heterocycles. The molecule has 104 valence electrons. The Morgan fingerprint density at radius 2 is 2.11 bits per heavy atom. The largest absolute Gasteiger partial charge is 0.347 e. The summed E-state index contributed by atoms with van der Waals surface area (Å²) in [5.41, 5.74) is -0.0511. The first-order valence-corrected chi connectivity index (χ1v) is 7.18. The predicted octanol–water partition coefficient (Wildman–Crippen LogP) is 3.24. The van der Waals surface area contributed by atoms with Crippen molar-refractivity contribution in [1.29, 1.82) is 0 Å². The molecule has 0 heterocycles. The third kappa shape index (κ3) is 3.96. The zero-order valence-corrected chi connectivity index (χ0v) is 12.3. The highest BCUT2D eigenvalue weighted by Crippen LogP contribution is 2.28. The van der Waals surface area contributed by atoms with E-state index in [1.807, 2.05) is 20.8 Å². The predicted molar refractivity (Wildman–Crippen MR) is 76.7 cm³/mol. The second kappa shape index (κ2) is 6.06. The molecular formula is C13H18N2O3S. The van der Waals surface area contributed by atoms with Crippen molar-refractivity contribution in [3.05, 3.63) is 33.9 Å². The van der Waals surface area contributed by atoms with Crippen LogP contribution in [-0.4, -0.2) is 22.6 Å². The number of rotatable bonds is 5. The van der Waals surface area contributed by atoms with E-state index in [-0.39, 0.29) is 17.1 Å². The first kappa shape index (κ1) is 15.5. The maximum atomic E-state index is 12.1. The van der Waals surface area contributed by atoms with Gasteiger partial charge in [-0.05, 0) is 38.7 Å². The molecule has 0 aliphatic carbocycles. The number of nitro benzene ring substituents is 1. The summed E-state index contributed by atoms with van der Waals surface area (Å²) in [7, 11) is 0. The molecule has 1 rings (SSSR count). The van der Waals surface area contributed by atoms with Gasteiger partial charge in [0.2, 0.25) is 0 Å². The van der Waals surface area contributed by atoms with E-state index >= 15 is 0 Å². The van der Waals surface area contributed by atoms with Crippen LogP contribution in [0.1, 0.15) is 37.6 Å². The van der Waals surface area contributed by atoms with Crippen molar-refractivity contribution in [1.82, 2.24) is 5.32 Å². The third-order valence-electron chi connectivity index (χ3n) is 2.97. The van der Waals surface area contributed by atoms with Crippen LogP contribution in [-0.2, 0) is 0 Å². The zero-order chi connectivity index (χ0) is 14.6. The fourth-order valence-corrected chi connectivity index (χ4v) is 1.99. The van der Waals surface area contributed by atoms with E-state index in [0.29, 0.717) is 10.5 Å². The van der Waals surface area contributed by atoms with Crippen molar-refractivity contribution in [2.24, 2.45) is 0 Å². The lowest BCUT2D eigenvalue weighted by atomic mass is 10.0. The van der Waals surface area contributed by atoms with Gasteiger partial charge in [0.25, 0.3) is 11.6 Å². The Labute approximate surface area is 116 Å². The Balaban J connectivity index is 3.06. The highest BCUT2D eigenvalue weighted by molar-refractivity contribution is 7.98. The summed E-state index contributed by atoms with van der Waals surface area (Å²) in [5, 5.41) is 13.8. The maximum Gasteiger partial charge on any atom is 0.283 e. The van der Waals surface area contributed by atoms with Gasteiger partial charge in [-0.3, -0.25) is 14.9 Å². The van der Waals surface area contributed by atoms with Gasteiger partial charge in [-0.25, -0.2) is 0 Å². The fraction of sp³-hybridized carbons (Fsp3) is 0.462. The first-order valence-electron chi connectivity index (χ1n) is 5.95. The number of nitrogens with zero attached hydrogens (tertiary/aromatic N) is 1. The summed E-state index contributed by atoms with van der Waals surface area (Å²) in [6.45, 7) is 5.80. The van der Waals surface area contributed by atoms with Crippen molar-refractivity contribution in [2.45, 2.75) is 37.6 Å². The Hall–Kier alpha value is -1.56. The lowest BCUT2D eigenvalue weighted by Gasteiger charge is -2.24. The maximum absolute atomic E-state index is 12.1. The van der Waals surface area contributed by atoms with Gasteiger partial charge in [0.15, 0.2) is 0 Å². The standard InChI is InChI=1S/C13H18N2O3S/c1-5-13(2,3)14-12(16)9-6-7-11(19-4)10(8-9)15(17)18/h6-8H,5H2,1-4H3,(H,14,16). The van der Waals surface area contributed by atoms with Crippen LogP contribution >= 0.6 is 11.8 Å². The minimum Gasteiger partial charge on any atom is -0.347 e. The Bertz CT molecular complexity index is 501. The van der Waals surface area contributed by atoms with Gasteiger partial charge in [-0.15, -0.1) is 11.8 Å². The van der Waals surface area contributed by atoms with Crippen LogP contribution < -0.4 is 5.32 Å². The highest BCUT2D eigenvalue weighted by Gasteiger charge is 2.21. The molecule has 0 aliphatic rings. The summed E-state index contributed by atoms with van der Waals surface area (Å²) >= 11 is 1.29. The van der Waals surface area contributed by atoms with Crippen LogP contribution in [0, 0.1) is 10.1 Å². The summed E-state index contributed by atoms with van der Waals surface area (Å²) in [6, 6.07) is 4.55. The van der Waals surface area contributed by atoms with Crippen LogP contribution in [0.5, 0.6) is 0 Å². The second-order valence-electron chi connectivity index (χ2n) is 4.84. The first-order chi connectivity index (χ1) is 8.80. The molecule has 0 aromatic heterocycles. The smallest absolute Gasteiger partial charge is 0.283 e. The van der Waals surface area contributed by atoms with Gasteiger partial charge < -0.3 is 5.32 Å². The minimum absolute atomic E-state index is 0.0329. The molecular weight excluding hydrogens is 264 g/mol. The second-order valence-corrected chi connectivity index (χ2v) is 5.68. The number of benzene rings is 1. The van der Waals surface area contributed by atoms with E-state index in [1.54, 1.807) is 18.4 Å². The van der Waals surface area contributed by atoms with Crippen LogP contribution in [0.4, 0.5) is 5.69 Å². The molecule has 0 atom stereocenters. The van der Waals surface area contributed by atoms with Gasteiger partial charge in [0, 0.05) is 17.2 Å². The number of amides is 1. The molecule has 5 nitrogen and oxygen atoms in total. The van der Waals surface area contributed by atoms with E-state index in [4.69, 9.17) is 0 Å². The Morgan fingerprint density at radius 3 is 2.58 bits per heavy atom. The van der Waals surface area contributed by atoms with Crippen molar-refractivity contribution in [2.75, 3.05) is 6.26 Å². The van der Waals surface area contributed by atoms with E-state index in [2.05, 4.69) is 5.32 Å². The van der Waals surface area contributed by atoms with Gasteiger partial charge in [-0.2, -0.15) is 0 Å². The van der Waals surface area contributed by atoms with Gasteiger partial charge in [0.1, 0.15) is 0 Å². The molecule has 19 heavy (non-hydrogen) atoms. The molecule has 1 N–H and O–H groups in total. The molecule has 0 saturated heterocycles. The van der Waals surface area contributed by atoms with Crippen molar-refractivity contribution in [3.8, 4) is 0 Å². The molecule has 1 aromatic carbocycles. The van der Waals surface area contributed by atoms with E-state index in [0.717, 1.165) is 6.42 Å². The third-order valence-corrected chi connectivity index (χ3v) is 3.76. The Kier molecular flexibility index (Phi) is 4.94. The van der Waals surface area contributed by atoms with Crippen molar-refractivity contribution in [3.63, 3.8) is 0 Å². The van der Waals surface area contributed by atoms with Gasteiger partial charge in [-0.1, -0.05) is 6.92 Å². The molecule has 0 fully saturated rings. The normalized spacial score (nSPS) is 11.2. The number of thioether (sulfide) groups is 1. The summed E-state index contributed by atoms with van der Waals surface area (Å²) in [6.07, 6.45) is 2.55. The number of hydrogen-bond donors (Lipinski definition) is 1. The van der Waals surface area contributed by atoms with E-state index in [9.17, 15) is 14.9 Å². The molecule has 1 amide bonds. The molecule has 0 bridgehead atoms. The van der Waals surface area contributed by atoms with E-state index < -0.39 is 4.92 Å². The van der Waals surface area contributed by atoms with Gasteiger partial charge in [0.05, 0.1) is 9.82 Å². The number of nitro groups is 1. The summed E-state index contributed by atoms with van der Waals surface area (Å²) < 4.78 is 0. The average Bonchev–Trinajstić information content (AvgIpc) is 2.37. The van der Waals surface area contributed by atoms with Crippen LogP contribution in [0.15, 0.2) is 23.1 Å². The van der Waals surface area contributed by atoms with E-state index in [1.165, 1.54) is 17.8 Å². The highest BCUT2D eigenvalue weighted by atomic mass is 32.2. The molecule has 0 spiro atoms. The minimum atomic E-state index is -0.465. The molecule has 6 heteroatoms. The number of hydrogen-bond acceptors (Lipinski definition) is 4. The molecule has 0 unspecified atom stereocenters. The van der Waals surface area contributed by atoms with Crippen LogP contribution in [0.25, 0.3) is 0 Å². The lowest BCUT2D eigenvalue weighted by Crippen LogP contribution is -2.42. The van der Waals surface area contributed by atoms with Crippen molar-refractivity contribution < 1.29 is 9.72 Å². The fourth-order valence-electron chi connectivity index (χ4n) is 1.44. The molecule has 1 aromatic rings. The van der Waals surface area contributed by atoms with Gasteiger partial charge >= 0.3 is 0 Å². The zero-order valence-electron chi connectivity index (χ0n) is 11.5. The van der Waals surface area contributed by atoms with Crippen LogP contribution in [0.3, 0.4) is 0 Å². The van der Waals surface area contributed by atoms with Crippen LogP contribution in [0.2, 0.25) is 0 Å². The number of nitrogens with one attached hydrogen (secondary N) is 1. The van der Waals surface area contributed by atoms with Crippen molar-refractivity contribution >= 4 is 23.4 Å². The summed E-state index contributed by atoms with van der Waals surface area (Å²) in [4.78, 5) is 23.1. The monoisotopic (exact) mass is 282 g/mol. The molecule has 0 saturated carbocycles. The quantitative estimate of drug-likeness (QED) is 0.511. The number of carbonyl (C=O) groups excluding carboxylic acids is 1. The average molecular weight is 282 g/mol. The lowest BCUT2D eigenvalue weighted by molar-refractivity contribution is -0.387. The topological polar surface area (TPSA) is 72.2 Å². The Morgan fingerprint density at radius 1 is 1.47 bits per heavy atom.